The van der Waals surface area contributed by atoms with Crippen LogP contribution in [0.2, 0.25) is 15.1 Å². The van der Waals surface area contributed by atoms with Crippen LogP contribution in [-0.2, 0) is 26.1 Å². The lowest BCUT2D eigenvalue weighted by Crippen LogP contribution is -2.37. The molecule has 192 valence electrons. The molecule has 0 radical (unpaired) electrons. The fourth-order valence-corrected chi connectivity index (χ4v) is 6.49. The molecule has 0 aliphatic heterocycles. The lowest BCUT2D eigenvalue weighted by molar-refractivity contribution is -0.116. The monoisotopic (exact) mass is 596 g/mol. The molecule has 0 atom stereocenters. The number of rotatable bonds is 8. The van der Waals surface area contributed by atoms with Crippen LogP contribution in [0.4, 0.5) is 5.69 Å². The summed E-state index contributed by atoms with van der Waals surface area (Å²) in [5.74, 6) is -1.03. The maximum absolute atomic E-state index is 13.5. The molecule has 1 heterocycles. The zero-order valence-electron chi connectivity index (χ0n) is 19.2. The standard InChI is InChI=1S/C25H19Cl3N2O5S2/c1-35-25(32)23-12-15-11-17(7-10-22(15)36-23)29-24(31)14-30(13-19-20(27)3-2-4-21(19)28)37(33,34)18-8-5-16(26)6-9-18/h2-12H,13-14H2,1H3,(H,29,31). The van der Waals surface area contributed by atoms with E-state index in [9.17, 15) is 18.0 Å². The van der Waals surface area contributed by atoms with Gasteiger partial charge >= 0.3 is 5.97 Å². The number of amides is 1. The van der Waals surface area contributed by atoms with E-state index in [1.807, 2.05) is 0 Å². The van der Waals surface area contributed by atoms with Crippen LogP contribution in [0.5, 0.6) is 0 Å². The Morgan fingerprint density at radius 1 is 0.973 bits per heavy atom. The molecule has 7 nitrogen and oxygen atoms in total. The largest absolute Gasteiger partial charge is 0.465 e. The van der Waals surface area contributed by atoms with Crippen LogP contribution in [0.25, 0.3) is 10.1 Å². The van der Waals surface area contributed by atoms with Crippen molar-refractivity contribution in [2.24, 2.45) is 0 Å². The van der Waals surface area contributed by atoms with Gasteiger partial charge in [-0.15, -0.1) is 11.3 Å². The predicted molar refractivity (Wildman–Crippen MR) is 147 cm³/mol. The average Bonchev–Trinajstić information content (AvgIpc) is 3.29. The minimum atomic E-state index is -4.13. The van der Waals surface area contributed by atoms with Crippen LogP contribution in [0.1, 0.15) is 15.2 Å². The van der Waals surface area contributed by atoms with Gasteiger partial charge in [0, 0.05) is 37.6 Å². The molecule has 3 aromatic carbocycles. The number of fused-ring (bicyclic) bond motifs is 1. The molecule has 12 heteroatoms. The lowest BCUT2D eigenvalue weighted by atomic mass is 10.2. The van der Waals surface area contributed by atoms with Crippen LogP contribution < -0.4 is 5.32 Å². The second kappa shape index (κ2) is 11.4. The van der Waals surface area contributed by atoms with Crippen molar-refractivity contribution in [3.05, 3.63) is 92.2 Å². The Labute approximate surface area is 232 Å². The van der Waals surface area contributed by atoms with Crippen molar-refractivity contribution in [1.29, 1.82) is 0 Å². The van der Waals surface area contributed by atoms with Gasteiger partial charge in [-0.05, 0) is 66.0 Å². The van der Waals surface area contributed by atoms with Crippen molar-refractivity contribution in [3.63, 3.8) is 0 Å². The highest BCUT2D eigenvalue weighted by Gasteiger charge is 2.28. The summed E-state index contributed by atoms with van der Waals surface area (Å²) >= 11 is 19.8. The Bertz CT molecular complexity index is 1570. The number of carbonyl (C=O) groups excluding carboxylic acids is 2. The maximum Gasteiger partial charge on any atom is 0.348 e. The molecule has 0 aliphatic carbocycles. The first kappa shape index (κ1) is 27.4. The van der Waals surface area contributed by atoms with E-state index in [0.717, 1.165) is 14.4 Å². The molecule has 1 amide bonds. The molecule has 0 unspecified atom stereocenters. The van der Waals surface area contributed by atoms with Crippen molar-refractivity contribution in [2.75, 3.05) is 19.0 Å². The molecule has 0 spiro atoms. The van der Waals surface area contributed by atoms with Gasteiger partial charge in [-0.2, -0.15) is 4.31 Å². The average molecular weight is 598 g/mol. The molecule has 0 bridgehead atoms. The zero-order valence-corrected chi connectivity index (χ0v) is 23.1. The molecular formula is C25H19Cl3N2O5S2. The summed E-state index contributed by atoms with van der Waals surface area (Å²) in [5.41, 5.74) is 0.803. The Hall–Kier alpha value is -2.66. The number of methoxy groups -OCH3 is 1. The molecule has 0 saturated heterocycles. The van der Waals surface area contributed by atoms with Crippen molar-refractivity contribution in [2.45, 2.75) is 11.4 Å². The predicted octanol–water partition coefficient (Wildman–Crippen LogP) is 6.48. The number of hydrogen-bond donors (Lipinski definition) is 1. The highest BCUT2D eigenvalue weighted by molar-refractivity contribution is 7.89. The number of esters is 1. The minimum Gasteiger partial charge on any atom is -0.465 e. The third kappa shape index (κ3) is 6.26. The summed E-state index contributed by atoms with van der Waals surface area (Å²) in [4.78, 5) is 25.2. The number of anilines is 1. The number of sulfonamides is 1. The van der Waals surface area contributed by atoms with E-state index in [0.29, 0.717) is 21.2 Å². The first-order valence-electron chi connectivity index (χ1n) is 10.7. The maximum atomic E-state index is 13.5. The first-order chi connectivity index (χ1) is 17.6. The van der Waals surface area contributed by atoms with Crippen LogP contribution in [0.3, 0.4) is 0 Å². The normalized spacial score (nSPS) is 11.6. The number of nitrogens with one attached hydrogen (secondary N) is 1. The van der Waals surface area contributed by atoms with Gasteiger partial charge in [0.2, 0.25) is 15.9 Å². The highest BCUT2D eigenvalue weighted by Crippen LogP contribution is 2.30. The third-order valence-corrected chi connectivity index (χ3v) is 9.22. The molecule has 4 rings (SSSR count). The van der Waals surface area contributed by atoms with E-state index >= 15 is 0 Å². The zero-order chi connectivity index (χ0) is 26.7. The summed E-state index contributed by atoms with van der Waals surface area (Å²) in [6.07, 6.45) is 0. The van der Waals surface area contributed by atoms with Gasteiger partial charge in [-0.1, -0.05) is 40.9 Å². The quantitative estimate of drug-likeness (QED) is 0.235. The Morgan fingerprint density at radius 3 is 2.30 bits per heavy atom. The van der Waals surface area contributed by atoms with Crippen molar-refractivity contribution < 1.29 is 22.7 Å². The van der Waals surface area contributed by atoms with Crippen molar-refractivity contribution in [3.8, 4) is 0 Å². The summed E-state index contributed by atoms with van der Waals surface area (Å²) < 4.78 is 33.6. The summed E-state index contributed by atoms with van der Waals surface area (Å²) in [6, 6.07) is 17.2. The van der Waals surface area contributed by atoms with E-state index in [1.54, 1.807) is 42.5 Å². The van der Waals surface area contributed by atoms with Crippen LogP contribution in [0.15, 0.2) is 71.6 Å². The highest BCUT2D eigenvalue weighted by atomic mass is 35.5. The van der Waals surface area contributed by atoms with Gasteiger partial charge in [0.15, 0.2) is 0 Å². The number of nitrogens with zero attached hydrogens (tertiary/aromatic N) is 1. The Morgan fingerprint density at radius 2 is 1.65 bits per heavy atom. The molecule has 0 fully saturated rings. The molecule has 1 N–H and O–H groups in total. The van der Waals surface area contributed by atoms with Gasteiger partial charge in [0.1, 0.15) is 4.88 Å². The van der Waals surface area contributed by atoms with Gasteiger partial charge in [0.05, 0.1) is 18.6 Å². The van der Waals surface area contributed by atoms with E-state index < -0.39 is 28.4 Å². The van der Waals surface area contributed by atoms with Gasteiger partial charge in [0.25, 0.3) is 0 Å². The fourth-order valence-electron chi connectivity index (χ4n) is 3.52. The Kier molecular flexibility index (Phi) is 8.42. The Balaban J connectivity index is 1.61. The number of carbonyl (C=O) groups is 2. The molecule has 0 aliphatic rings. The van der Waals surface area contributed by atoms with E-state index in [-0.39, 0.29) is 21.5 Å². The van der Waals surface area contributed by atoms with E-state index in [4.69, 9.17) is 39.5 Å². The van der Waals surface area contributed by atoms with Gasteiger partial charge in [-0.25, -0.2) is 13.2 Å². The molecule has 37 heavy (non-hydrogen) atoms. The molecular weight excluding hydrogens is 579 g/mol. The summed E-state index contributed by atoms with van der Waals surface area (Å²) in [6.45, 7) is -0.745. The van der Waals surface area contributed by atoms with Crippen molar-refractivity contribution in [1.82, 2.24) is 4.31 Å². The third-order valence-electron chi connectivity index (χ3n) is 5.35. The molecule has 0 saturated carbocycles. The van der Waals surface area contributed by atoms with Gasteiger partial charge < -0.3 is 10.1 Å². The van der Waals surface area contributed by atoms with Crippen LogP contribution in [-0.4, -0.2) is 38.3 Å². The van der Waals surface area contributed by atoms with Crippen LogP contribution in [0, 0.1) is 0 Å². The minimum absolute atomic E-state index is 0.0390. The number of ether oxygens (including phenoxy) is 1. The number of hydrogen-bond acceptors (Lipinski definition) is 6. The number of benzene rings is 3. The number of halogens is 3. The molecule has 1 aromatic heterocycles. The molecule has 4 aromatic rings. The number of thiophene rings is 1. The SMILES string of the molecule is COC(=O)c1cc2cc(NC(=O)CN(Cc3c(Cl)cccc3Cl)S(=O)(=O)c3ccc(Cl)cc3)ccc2s1. The summed E-state index contributed by atoms with van der Waals surface area (Å²) in [7, 11) is -2.83. The van der Waals surface area contributed by atoms with Crippen LogP contribution >= 0.6 is 46.1 Å². The lowest BCUT2D eigenvalue weighted by Gasteiger charge is -2.23. The van der Waals surface area contributed by atoms with E-state index in [1.165, 1.54) is 42.7 Å². The fraction of sp³-hybridized carbons (Fsp3) is 0.120. The first-order valence-corrected chi connectivity index (χ1v) is 14.1. The van der Waals surface area contributed by atoms with Gasteiger partial charge in [-0.3, -0.25) is 4.79 Å². The van der Waals surface area contributed by atoms with E-state index in [2.05, 4.69) is 5.32 Å². The second-order valence-electron chi connectivity index (χ2n) is 7.83. The second-order valence-corrected chi connectivity index (χ2v) is 12.1. The van der Waals surface area contributed by atoms with Crippen molar-refractivity contribution >= 4 is 83.8 Å². The topological polar surface area (TPSA) is 92.8 Å². The summed E-state index contributed by atoms with van der Waals surface area (Å²) in [5, 5.41) is 4.37. The smallest absolute Gasteiger partial charge is 0.348 e.